The van der Waals surface area contributed by atoms with Crippen molar-refractivity contribution in [2.75, 3.05) is 6.54 Å². The van der Waals surface area contributed by atoms with Crippen LogP contribution in [-0.4, -0.2) is 34.8 Å². The summed E-state index contributed by atoms with van der Waals surface area (Å²) in [5.74, 6) is 0. The first-order chi connectivity index (χ1) is 6.16. The summed E-state index contributed by atoms with van der Waals surface area (Å²) >= 11 is 3.59. The van der Waals surface area contributed by atoms with E-state index in [4.69, 9.17) is 0 Å². The van der Waals surface area contributed by atoms with Gasteiger partial charge in [-0.25, -0.2) is 8.78 Å². The first-order valence-electron chi connectivity index (χ1n) is 4.85. The maximum absolute atomic E-state index is 12.2. The molecule has 13 heavy (non-hydrogen) atoms. The zero-order valence-electron chi connectivity index (χ0n) is 7.43. The van der Waals surface area contributed by atoms with E-state index in [9.17, 15) is 8.78 Å². The number of hydrogen-bond donors (Lipinski definition) is 0. The van der Waals surface area contributed by atoms with Gasteiger partial charge in [-0.1, -0.05) is 15.9 Å². The van der Waals surface area contributed by atoms with Crippen molar-refractivity contribution >= 4 is 15.9 Å². The van der Waals surface area contributed by atoms with E-state index in [-0.39, 0.29) is 6.54 Å². The molecule has 2 aliphatic rings. The van der Waals surface area contributed by atoms with Crippen LogP contribution in [0.3, 0.4) is 0 Å². The van der Waals surface area contributed by atoms with Crippen LogP contribution in [0.4, 0.5) is 8.78 Å². The highest BCUT2D eigenvalue weighted by molar-refractivity contribution is 9.09. The van der Waals surface area contributed by atoms with Gasteiger partial charge in [0.15, 0.2) is 0 Å². The largest absolute Gasteiger partial charge is 0.292 e. The van der Waals surface area contributed by atoms with E-state index in [1.54, 1.807) is 0 Å². The molecule has 2 aliphatic heterocycles. The van der Waals surface area contributed by atoms with Crippen LogP contribution in [0.2, 0.25) is 0 Å². The third-order valence-corrected chi connectivity index (χ3v) is 3.92. The van der Waals surface area contributed by atoms with E-state index in [1.807, 2.05) is 4.90 Å². The second-order valence-corrected chi connectivity index (χ2v) is 5.34. The van der Waals surface area contributed by atoms with E-state index < -0.39 is 6.43 Å². The van der Waals surface area contributed by atoms with E-state index >= 15 is 0 Å². The minimum atomic E-state index is -2.17. The molecule has 0 spiro atoms. The van der Waals surface area contributed by atoms with Crippen molar-refractivity contribution in [2.45, 2.75) is 49.0 Å². The molecule has 0 aromatic heterocycles. The van der Waals surface area contributed by atoms with Crippen LogP contribution in [0.1, 0.15) is 25.7 Å². The summed E-state index contributed by atoms with van der Waals surface area (Å²) in [7, 11) is 0. The smallest absolute Gasteiger partial charge is 0.251 e. The number of fused-ring (bicyclic) bond motifs is 2. The zero-order valence-corrected chi connectivity index (χ0v) is 9.01. The molecule has 2 bridgehead atoms. The molecule has 2 rings (SSSR count). The fourth-order valence-corrected chi connectivity index (χ4v) is 3.53. The van der Waals surface area contributed by atoms with E-state index in [0.29, 0.717) is 16.9 Å². The van der Waals surface area contributed by atoms with Crippen LogP contribution in [0.5, 0.6) is 0 Å². The monoisotopic (exact) mass is 253 g/mol. The van der Waals surface area contributed by atoms with E-state index in [1.165, 1.54) is 0 Å². The highest BCUT2D eigenvalue weighted by Crippen LogP contribution is 2.38. The van der Waals surface area contributed by atoms with Crippen molar-refractivity contribution in [3.05, 3.63) is 0 Å². The number of hydrogen-bond acceptors (Lipinski definition) is 1. The minimum absolute atomic E-state index is 0.0188. The van der Waals surface area contributed by atoms with Gasteiger partial charge in [-0.15, -0.1) is 0 Å². The second kappa shape index (κ2) is 3.81. The highest BCUT2D eigenvalue weighted by Gasteiger charge is 2.40. The zero-order chi connectivity index (χ0) is 9.42. The Hall–Kier alpha value is 0.300. The molecule has 76 valence electrons. The van der Waals surface area contributed by atoms with Crippen molar-refractivity contribution in [3.8, 4) is 0 Å². The highest BCUT2D eigenvalue weighted by atomic mass is 79.9. The molecule has 2 saturated heterocycles. The molecule has 0 saturated carbocycles. The van der Waals surface area contributed by atoms with Crippen molar-refractivity contribution in [1.29, 1.82) is 0 Å². The molecule has 1 nitrogen and oxygen atoms in total. The summed E-state index contributed by atoms with van der Waals surface area (Å²) < 4.78 is 24.5. The molecule has 0 radical (unpaired) electrons. The van der Waals surface area contributed by atoms with Crippen LogP contribution >= 0.6 is 15.9 Å². The molecule has 0 aromatic rings. The van der Waals surface area contributed by atoms with Gasteiger partial charge in [0.2, 0.25) is 0 Å². The Morgan fingerprint density at radius 3 is 2.23 bits per heavy atom. The summed E-state index contributed by atoms with van der Waals surface area (Å²) in [4.78, 5) is 2.57. The maximum atomic E-state index is 12.2. The topological polar surface area (TPSA) is 3.24 Å². The molecule has 0 aliphatic carbocycles. The van der Waals surface area contributed by atoms with Gasteiger partial charge in [-0.2, -0.15) is 0 Å². The standard InChI is InChI=1S/C9H14BrF2N/c10-6-3-7-1-2-8(4-6)13(7)5-9(11)12/h6-9H,1-5H2. The Balaban J connectivity index is 1.98. The Labute approximate surface area is 85.6 Å². The molecule has 0 N–H and O–H groups in total. The summed E-state index contributed by atoms with van der Waals surface area (Å²) in [5, 5.41) is 0. The molecule has 4 heteroatoms. The van der Waals surface area contributed by atoms with Gasteiger partial charge >= 0.3 is 0 Å². The van der Waals surface area contributed by atoms with Crippen LogP contribution < -0.4 is 0 Å². The van der Waals surface area contributed by atoms with Gasteiger partial charge in [-0.3, -0.25) is 4.90 Å². The third kappa shape index (κ3) is 2.04. The van der Waals surface area contributed by atoms with Crippen LogP contribution in [-0.2, 0) is 0 Å². The van der Waals surface area contributed by atoms with Gasteiger partial charge in [0.25, 0.3) is 6.43 Å². The molecule has 0 amide bonds. The average molecular weight is 254 g/mol. The Kier molecular flexibility index (Phi) is 2.88. The van der Waals surface area contributed by atoms with Gasteiger partial charge in [-0.05, 0) is 25.7 Å². The lowest BCUT2D eigenvalue weighted by atomic mass is 10.0. The normalized spacial score (nSPS) is 40.2. The molecule has 2 atom stereocenters. The predicted molar refractivity (Wildman–Crippen MR) is 51.5 cm³/mol. The van der Waals surface area contributed by atoms with E-state index in [0.717, 1.165) is 25.7 Å². The SMILES string of the molecule is FC(F)CN1C2CCC1CC(Br)C2. The minimum Gasteiger partial charge on any atom is -0.292 e. The van der Waals surface area contributed by atoms with Crippen molar-refractivity contribution in [1.82, 2.24) is 4.90 Å². The third-order valence-electron chi connectivity index (χ3n) is 3.18. The number of alkyl halides is 3. The molecule has 0 aromatic carbocycles. The van der Waals surface area contributed by atoms with Crippen molar-refractivity contribution < 1.29 is 8.78 Å². The maximum Gasteiger partial charge on any atom is 0.251 e. The Morgan fingerprint density at radius 1 is 1.23 bits per heavy atom. The predicted octanol–water partition coefficient (Wildman–Crippen LogP) is 2.64. The van der Waals surface area contributed by atoms with E-state index in [2.05, 4.69) is 15.9 Å². The van der Waals surface area contributed by atoms with Crippen LogP contribution in [0.15, 0.2) is 0 Å². The van der Waals surface area contributed by atoms with Gasteiger partial charge < -0.3 is 0 Å². The number of nitrogens with zero attached hydrogens (tertiary/aromatic N) is 1. The Bertz CT molecular complexity index is 174. The lowest BCUT2D eigenvalue weighted by Crippen LogP contribution is -2.45. The average Bonchev–Trinajstić information content (AvgIpc) is 2.32. The summed E-state index contributed by atoms with van der Waals surface area (Å²) in [6, 6.07) is 0.828. The van der Waals surface area contributed by atoms with Crippen molar-refractivity contribution in [2.24, 2.45) is 0 Å². The Morgan fingerprint density at radius 2 is 1.77 bits per heavy atom. The first-order valence-corrected chi connectivity index (χ1v) is 5.76. The van der Waals surface area contributed by atoms with Crippen molar-refractivity contribution in [3.63, 3.8) is 0 Å². The first kappa shape index (κ1) is 9.84. The lowest BCUT2D eigenvalue weighted by Gasteiger charge is -2.36. The molecular formula is C9H14BrF2N. The fourth-order valence-electron chi connectivity index (χ4n) is 2.67. The summed E-state index contributed by atoms with van der Waals surface area (Å²) in [6.45, 7) is -0.0188. The van der Waals surface area contributed by atoms with Crippen LogP contribution in [0, 0.1) is 0 Å². The van der Waals surface area contributed by atoms with Gasteiger partial charge in [0.1, 0.15) is 0 Å². The fraction of sp³-hybridized carbons (Fsp3) is 1.00. The molecule has 2 fully saturated rings. The summed E-state index contributed by atoms with van der Waals surface area (Å²) in [6.07, 6.45) is 2.14. The summed E-state index contributed by atoms with van der Waals surface area (Å²) in [5.41, 5.74) is 0. The molecule has 2 unspecified atom stereocenters. The number of piperidine rings is 1. The quantitative estimate of drug-likeness (QED) is 0.685. The lowest BCUT2D eigenvalue weighted by molar-refractivity contribution is 0.0465. The second-order valence-electron chi connectivity index (χ2n) is 4.04. The molecule has 2 heterocycles. The van der Waals surface area contributed by atoms with Gasteiger partial charge in [0, 0.05) is 16.9 Å². The number of halogens is 3. The number of rotatable bonds is 2. The van der Waals surface area contributed by atoms with Crippen LogP contribution in [0.25, 0.3) is 0 Å². The van der Waals surface area contributed by atoms with Gasteiger partial charge in [0.05, 0.1) is 6.54 Å². The molecular weight excluding hydrogens is 240 g/mol.